The van der Waals surface area contributed by atoms with Crippen molar-refractivity contribution in [3.63, 3.8) is 0 Å². The molecule has 0 fully saturated rings. The maximum Gasteiger partial charge on any atom is 0.191 e. The van der Waals surface area contributed by atoms with Gasteiger partial charge in [-0.2, -0.15) is 0 Å². The minimum absolute atomic E-state index is 0.582. The van der Waals surface area contributed by atoms with Crippen molar-refractivity contribution in [1.82, 2.24) is 4.90 Å². The lowest BCUT2D eigenvalue weighted by atomic mass is 10.2. The van der Waals surface area contributed by atoms with E-state index in [-0.39, 0.29) is 0 Å². The molecule has 14 heavy (non-hydrogen) atoms. The highest BCUT2D eigenvalue weighted by molar-refractivity contribution is 5.78. The van der Waals surface area contributed by atoms with Crippen molar-refractivity contribution in [3.8, 4) is 0 Å². The lowest BCUT2D eigenvalue weighted by Gasteiger charge is -2.21. The van der Waals surface area contributed by atoms with Crippen LogP contribution in [0.2, 0.25) is 0 Å². The van der Waals surface area contributed by atoms with Gasteiger partial charge in [-0.05, 0) is 19.3 Å². The predicted molar refractivity (Wildman–Crippen MR) is 63.5 cm³/mol. The van der Waals surface area contributed by atoms with Crippen LogP contribution in [0.15, 0.2) is 4.99 Å². The molecule has 0 aliphatic carbocycles. The molecular formula is C11H25N3. The van der Waals surface area contributed by atoms with Crippen molar-refractivity contribution in [1.29, 1.82) is 0 Å². The van der Waals surface area contributed by atoms with Gasteiger partial charge in [0.25, 0.3) is 0 Å². The van der Waals surface area contributed by atoms with Crippen LogP contribution in [0.4, 0.5) is 0 Å². The molecular weight excluding hydrogens is 174 g/mol. The van der Waals surface area contributed by atoms with Gasteiger partial charge in [0.2, 0.25) is 0 Å². The number of nitrogens with two attached hydrogens (primary N) is 1. The molecule has 0 aromatic heterocycles. The van der Waals surface area contributed by atoms with Gasteiger partial charge in [-0.1, -0.05) is 27.2 Å². The highest BCUT2D eigenvalue weighted by Crippen LogP contribution is 1.97. The lowest BCUT2D eigenvalue weighted by Crippen LogP contribution is -2.38. The monoisotopic (exact) mass is 199 g/mol. The smallest absolute Gasteiger partial charge is 0.191 e. The van der Waals surface area contributed by atoms with E-state index < -0.39 is 0 Å². The highest BCUT2D eigenvalue weighted by atomic mass is 15.2. The maximum absolute atomic E-state index is 5.89. The average Bonchev–Trinajstić information content (AvgIpc) is 2.16. The molecule has 0 spiro atoms. The van der Waals surface area contributed by atoms with E-state index in [1.54, 1.807) is 0 Å². The molecule has 0 rings (SSSR count). The van der Waals surface area contributed by atoms with Crippen LogP contribution in [0.1, 0.15) is 40.5 Å². The number of hydrogen-bond acceptors (Lipinski definition) is 1. The van der Waals surface area contributed by atoms with Crippen molar-refractivity contribution >= 4 is 5.96 Å². The summed E-state index contributed by atoms with van der Waals surface area (Å²) in [6, 6.07) is 0. The molecule has 0 aliphatic heterocycles. The number of rotatable bonds is 6. The van der Waals surface area contributed by atoms with E-state index in [0.29, 0.717) is 11.9 Å². The molecule has 3 heteroatoms. The molecule has 0 heterocycles. The predicted octanol–water partition coefficient (Wildman–Crippen LogP) is 2.08. The maximum atomic E-state index is 5.89. The first kappa shape index (κ1) is 13.3. The number of aliphatic imine (C=N–C) groups is 1. The number of hydrogen-bond donors (Lipinski definition) is 1. The van der Waals surface area contributed by atoms with E-state index in [2.05, 4.69) is 37.6 Å². The molecule has 2 N–H and O–H groups in total. The molecule has 0 saturated carbocycles. The summed E-state index contributed by atoms with van der Waals surface area (Å²) in [7, 11) is 0. The SMILES string of the molecule is CCCCN(CC)C(N)=NCC(C)C. The second-order valence-electron chi connectivity index (χ2n) is 4.03. The fourth-order valence-corrected chi connectivity index (χ4v) is 1.16. The zero-order chi connectivity index (χ0) is 11.0. The third-order valence-electron chi connectivity index (χ3n) is 2.11. The summed E-state index contributed by atoms with van der Waals surface area (Å²) >= 11 is 0. The molecule has 84 valence electrons. The third-order valence-corrected chi connectivity index (χ3v) is 2.11. The Kier molecular flexibility index (Phi) is 7.25. The Labute approximate surface area is 88.4 Å². The normalized spacial score (nSPS) is 12.2. The van der Waals surface area contributed by atoms with Crippen molar-refractivity contribution in [2.24, 2.45) is 16.6 Å². The van der Waals surface area contributed by atoms with Gasteiger partial charge in [0.15, 0.2) is 5.96 Å². The zero-order valence-corrected chi connectivity index (χ0v) is 10.1. The van der Waals surface area contributed by atoms with Gasteiger partial charge in [0.05, 0.1) is 0 Å². The summed E-state index contributed by atoms with van der Waals surface area (Å²) in [6.45, 7) is 11.4. The van der Waals surface area contributed by atoms with Gasteiger partial charge in [-0.15, -0.1) is 0 Å². The molecule has 0 radical (unpaired) electrons. The Bertz CT molecular complexity index is 164. The van der Waals surface area contributed by atoms with Crippen LogP contribution in [-0.2, 0) is 0 Å². The van der Waals surface area contributed by atoms with E-state index in [1.807, 2.05) is 0 Å². The molecule has 0 amide bonds. The average molecular weight is 199 g/mol. The minimum Gasteiger partial charge on any atom is -0.370 e. The third kappa shape index (κ3) is 5.84. The van der Waals surface area contributed by atoms with Gasteiger partial charge in [-0.25, -0.2) is 0 Å². The lowest BCUT2D eigenvalue weighted by molar-refractivity contribution is 0.420. The van der Waals surface area contributed by atoms with Gasteiger partial charge in [-0.3, -0.25) is 4.99 Å². The van der Waals surface area contributed by atoms with Gasteiger partial charge in [0, 0.05) is 19.6 Å². The Morgan fingerprint density at radius 1 is 1.36 bits per heavy atom. The number of guanidine groups is 1. The zero-order valence-electron chi connectivity index (χ0n) is 10.1. The Balaban J connectivity index is 4.01. The minimum atomic E-state index is 0.582. The standard InChI is InChI=1S/C11H25N3/c1-5-7-8-14(6-2)11(12)13-9-10(3)4/h10H,5-9H2,1-4H3,(H2,12,13). The Hall–Kier alpha value is -0.730. The topological polar surface area (TPSA) is 41.6 Å². The molecule has 0 saturated heterocycles. The van der Waals surface area contributed by atoms with Gasteiger partial charge >= 0.3 is 0 Å². The van der Waals surface area contributed by atoms with Crippen LogP contribution >= 0.6 is 0 Å². The first-order valence-corrected chi connectivity index (χ1v) is 5.66. The van der Waals surface area contributed by atoms with Gasteiger partial charge < -0.3 is 10.6 Å². The van der Waals surface area contributed by atoms with Crippen LogP contribution in [0.5, 0.6) is 0 Å². The second kappa shape index (κ2) is 7.65. The van der Waals surface area contributed by atoms with Crippen LogP contribution in [0, 0.1) is 5.92 Å². The fourth-order valence-electron chi connectivity index (χ4n) is 1.16. The summed E-state index contributed by atoms with van der Waals surface area (Å²) in [4.78, 5) is 6.51. The molecule has 0 aromatic rings. The van der Waals surface area contributed by atoms with Crippen LogP contribution < -0.4 is 5.73 Å². The summed E-state index contributed by atoms with van der Waals surface area (Å²) in [6.07, 6.45) is 2.39. The van der Waals surface area contributed by atoms with Crippen molar-refractivity contribution < 1.29 is 0 Å². The summed E-state index contributed by atoms with van der Waals surface area (Å²) < 4.78 is 0. The summed E-state index contributed by atoms with van der Waals surface area (Å²) in [5.74, 6) is 1.29. The molecule has 0 aromatic carbocycles. The van der Waals surface area contributed by atoms with E-state index in [9.17, 15) is 0 Å². The van der Waals surface area contributed by atoms with E-state index in [0.717, 1.165) is 19.6 Å². The molecule has 0 atom stereocenters. The van der Waals surface area contributed by atoms with Crippen LogP contribution in [0.25, 0.3) is 0 Å². The first-order valence-electron chi connectivity index (χ1n) is 5.66. The van der Waals surface area contributed by atoms with Crippen molar-refractivity contribution in [3.05, 3.63) is 0 Å². The first-order chi connectivity index (χ1) is 6.61. The molecule has 0 bridgehead atoms. The Morgan fingerprint density at radius 2 is 2.00 bits per heavy atom. The van der Waals surface area contributed by atoms with Crippen molar-refractivity contribution in [2.75, 3.05) is 19.6 Å². The quantitative estimate of drug-likeness (QED) is 0.525. The largest absolute Gasteiger partial charge is 0.370 e. The van der Waals surface area contributed by atoms with E-state index in [4.69, 9.17) is 5.73 Å². The van der Waals surface area contributed by atoms with E-state index in [1.165, 1.54) is 12.8 Å². The molecule has 0 unspecified atom stereocenters. The van der Waals surface area contributed by atoms with Crippen LogP contribution in [0.3, 0.4) is 0 Å². The molecule has 3 nitrogen and oxygen atoms in total. The van der Waals surface area contributed by atoms with Crippen LogP contribution in [-0.4, -0.2) is 30.5 Å². The number of unbranched alkanes of at least 4 members (excludes halogenated alkanes) is 1. The number of nitrogens with zero attached hydrogens (tertiary/aromatic N) is 2. The van der Waals surface area contributed by atoms with Gasteiger partial charge in [0.1, 0.15) is 0 Å². The molecule has 0 aliphatic rings. The summed E-state index contributed by atoms with van der Waals surface area (Å²) in [5, 5.41) is 0. The second-order valence-corrected chi connectivity index (χ2v) is 4.03. The van der Waals surface area contributed by atoms with Crippen molar-refractivity contribution in [2.45, 2.75) is 40.5 Å². The summed E-state index contributed by atoms with van der Waals surface area (Å²) in [5.41, 5.74) is 5.89. The fraction of sp³-hybridized carbons (Fsp3) is 0.909. The highest BCUT2D eigenvalue weighted by Gasteiger charge is 2.04. The Morgan fingerprint density at radius 3 is 2.43 bits per heavy atom. The van der Waals surface area contributed by atoms with E-state index >= 15 is 0 Å².